The summed E-state index contributed by atoms with van der Waals surface area (Å²) in [6.07, 6.45) is 0.0706. The van der Waals surface area contributed by atoms with E-state index in [1.54, 1.807) is 24.3 Å². The smallest absolute Gasteiger partial charge is 0.167 e. The first-order valence-corrected chi connectivity index (χ1v) is 5.19. The molecule has 0 saturated carbocycles. The molecule has 0 heterocycles. The first-order valence-electron chi connectivity index (χ1n) is 5.19. The Morgan fingerprint density at radius 3 is 2.29 bits per heavy atom. The molecule has 0 bridgehead atoms. The summed E-state index contributed by atoms with van der Waals surface area (Å²) >= 11 is 0. The van der Waals surface area contributed by atoms with Crippen LogP contribution < -0.4 is 0 Å². The Kier molecular flexibility index (Phi) is 3.28. The van der Waals surface area contributed by atoms with Gasteiger partial charge in [0.15, 0.2) is 17.4 Å². The molecule has 0 spiro atoms. The van der Waals surface area contributed by atoms with Crippen molar-refractivity contribution in [2.75, 3.05) is 0 Å². The third-order valence-corrected chi connectivity index (χ3v) is 2.44. The zero-order valence-electron chi connectivity index (χ0n) is 8.99. The molecule has 0 fully saturated rings. The summed E-state index contributed by atoms with van der Waals surface area (Å²) in [5.74, 6) is -1.94. The van der Waals surface area contributed by atoms with Crippen LogP contribution in [0.5, 0.6) is 0 Å². The maximum Gasteiger partial charge on any atom is 0.167 e. The van der Waals surface area contributed by atoms with E-state index in [-0.39, 0.29) is 12.2 Å². The number of carbonyl (C=O) groups is 1. The fourth-order valence-electron chi connectivity index (χ4n) is 1.56. The molecule has 0 atom stereocenters. The van der Waals surface area contributed by atoms with Gasteiger partial charge in [0.1, 0.15) is 0 Å². The topological polar surface area (TPSA) is 17.1 Å². The molecule has 0 aromatic heterocycles. The number of benzene rings is 2. The van der Waals surface area contributed by atoms with E-state index in [4.69, 9.17) is 0 Å². The SMILES string of the molecule is O=C(Cc1ccc(F)c(F)c1)c1ccccc1. The number of hydrogen-bond acceptors (Lipinski definition) is 1. The van der Waals surface area contributed by atoms with Gasteiger partial charge in [-0.05, 0) is 17.7 Å². The number of ketones is 1. The molecule has 2 aromatic carbocycles. The lowest BCUT2D eigenvalue weighted by molar-refractivity contribution is 0.0993. The largest absolute Gasteiger partial charge is 0.294 e. The minimum atomic E-state index is -0.927. The van der Waals surface area contributed by atoms with E-state index >= 15 is 0 Å². The Labute approximate surface area is 97.7 Å². The van der Waals surface area contributed by atoms with E-state index in [1.165, 1.54) is 6.07 Å². The number of rotatable bonds is 3. The van der Waals surface area contributed by atoms with Crippen LogP contribution in [0.25, 0.3) is 0 Å². The number of Topliss-reactive ketones (excluding diaryl/α,β-unsaturated/α-hetero) is 1. The quantitative estimate of drug-likeness (QED) is 0.741. The van der Waals surface area contributed by atoms with Crippen molar-refractivity contribution in [3.8, 4) is 0 Å². The first kappa shape index (κ1) is 11.5. The van der Waals surface area contributed by atoms with Gasteiger partial charge in [0.25, 0.3) is 0 Å². The fraction of sp³-hybridized carbons (Fsp3) is 0.0714. The summed E-state index contributed by atoms with van der Waals surface area (Å²) in [6, 6.07) is 12.2. The van der Waals surface area contributed by atoms with Crippen molar-refractivity contribution in [3.63, 3.8) is 0 Å². The van der Waals surface area contributed by atoms with E-state index < -0.39 is 11.6 Å². The molecule has 1 nitrogen and oxygen atoms in total. The summed E-state index contributed by atoms with van der Waals surface area (Å²) in [7, 11) is 0. The standard InChI is InChI=1S/C14H10F2O/c15-12-7-6-10(8-13(12)16)9-14(17)11-4-2-1-3-5-11/h1-8H,9H2. The average Bonchev–Trinajstić information content (AvgIpc) is 2.35. The highest BCUT2D eigenvalue weighted by Crippen LogP contribution is 2.11. The van der Waals surface area contributed by atoms with Crippen molar-refractivity contribution < 1.29 is 13.6 Å². The molecule has 0 aliphatic carbocycles. The van der Waals surface area contributed by atoms with Gasteiger partial charge in [-0.2, -0.15) is 0 Å². The third kappa shape index (κ3) is 2.75. The summed E-state index contributed by atoms with van der Waals surface area (Å²) in [6.45, 7) is 0. The van der Waals surface area contributed by atoms with E-state index in [0.717, 1.165) is 12.1 Å². The minimum Gasteiger partial charge on any atom is -0.294 e. The lowest BCUT2D eigenvalue weighted by atomic mass is 10.0. The molecule has 0 aliphatic heterocycles. The van der Waals surface area contributed by atoms with Crippen LogP contribution >= 0.6 is 0 Å². The molecule has 0 amide bonds. The van der Waals surface area contributed by atoms with Crippen LogP contribution in [0.15, 0.2) is 48.5 Å². The van der Waals surface area contributed by atoms with Crippen molar-refractivity contribution in [1.82, 2.24) is 0 Å². The molecular formula is C14H10F2O. The van der Waals surface area contributed by atoms with Gasteiger partial charge in [0.05, 0.1) is 0 Å². The van der Waals surface area contributed by atoms with Gasteiger partial charge >= 0.3 is 0 Å². The highest BCUT2D eigenvalue weighted by molar-refractivity contribution is 5.97. The second-order valence-electron chi connectivity index (χ2n) is 3.71. The third-order valence-electron chi connectivity index (χ3n) is 2.44. The monoisotopic (exact) mass is 232 g/mol. The molecule has 86 valence electrons. The predicted molar refractivity (Wildman–Crippen MR) is 60.8 cm³/mol. The Balaban J connectivity index is 2.16. The second-order valence-corrected chi connectivity index (χ2v) is 3.71. The van der Waals surface area contributed by atoms with Gasteiger partial charge in [0, 0.05) is 12.0 Å². The van der Waals surface area contributed by atoms with Gasteiger partial charge in [0.2, 0.25) is 0 Å². The van der Waals surface area contributed by atoms with Gasteiger partial charge in [-0.1, -0.05) is 36.4 Å². The highest BCUT2D eigenvalue weighted by Gasteiger charge is 2.08. The fourth-order valence-corrected chi connectivity index (χ4v) is 1.56. The van der Waals surface area contributed by atoms with Gasteiger partial charge in [-0.15, -0.1) is 0 Å². The van der Waals surface area contributed by atoms with Gasteiger partial charge < -0.3 is 0 Å². The van der Waals surface area contributed by atoms with Crippen LogP contribution in [0.1, 0.15) is 15.9 Å². The first-order chi connectivity index (χ1) is 8.16. The van der Waals surface area contributed by atoms with Gasteiger partial charge in [-0.25, -0.2) is 8.78 Å². The van der Waals surface area contributed by atoms with Crippen LogP contribution in [0, 0.1) is 11.6 Å². The summed E-state index contributed by atoms with van der Waals surface area (Å²) in [4.78, 5) is 11.8. The van der Waals surface area contributed by atoms with Crippen molar-refractivity contribution in [1.29, 1.82) is 0 Å². The Morgan fingerprint density at radius 2 is 1.65 bits per heavy atom. The Hall–Kier alpha value is -2.03. The maximum atomic E-state index is 12.9. The maximum absolute atomic E-state index is 12.9. The molecule has 2 aromatic rings. The molecule has 0 saturated heterocycles. The lowest BCUT2D eigenvalue weighted by Crippen LogP contribution is -2.03. The lowest BCUT2D eigenvalue weighted by Gasteiger charge is -2.02. The highest BCUT2D eigenvalue weighted by atomic mass is 19.2. The predicted octanol–water partition coefficient (Wildman–Crippen LogP) is 3.39. The Bertz CT molecular complexity index is 535. The number of hydrogen-bond donors (Lipinski definition) is 0. The minimum absolute atomic E-state index is 0.0706. The second kappa shape index (κ2) is 4.87. The molecule has 0 N–H and O–H groups in total. The van der Waals surface area contributed by atoms with Crippen LogP contribution in [-0.2, 0) is 6.42 Å². The molecule has 0 aliphatic rings. The van der Waals surface area contributed by atoms with Crippen LogP contribution in [0.4, 0.5) is 8.78 Å². The summed E-state index contributed by atoms with van der Waals surface area (Å²) in [5, 5.41) is 0. The zero-order valence-corrected chi connectivity index (χ0v) is 8.99. The average molecular weight is 232 g/mol. The summed E-state index contributed by atoms with van der Waals surface area (Å²) < 4.78 is 25.6. The molecule has 0 unspecified atom stereocenters. The van der Waals surface area contributed by atoms with Crippen molar-refractivity contribution in [2.24, 2.45) is 0 Å². The molecule has 17 heavy (non-hydrogen) atoms. The Morgan fingerprint density at radius 1 is 0.941 bits per heavy atom. The molecule has 3 heteroatoms. The zero-order chi connectivity index (χ0) is 12.3. The van der Waals surface area contributed by atoms with Crippen LogP contribution in [0.2, 0.25) is 0 Å². The molecular weight excluding hydrogens is 222 g/mol. The molecule has 0 radical (unpaired) electrons. The molecule has 2 rings (SSSR count). The van der Waals surface area contributed by atoms with E-state index in [1.807, 2.05) is 6.07 Å². The normalized spacial score (nSPS) is 10.2. The van der Waals surface area contributed by atoms with Crippen molar-refractivity contribution in [2.45, 2.75) is 6.42 Å². The van der Waals surface area contributed by atoms with Crippen molar-refractivity contribution >= 4 is 5.78 Å². The van der Waals surface area contributed by atoms with E-state index in [9.17, 15) is 13.6 Å². The number of carbonyl (C=O) groups excluding carboxylic acids is 1. The van der Waals surface area contributed by atoms with E-state index in [2.05, 4.69) is 0 Å². The van der Waals surface area contributed by atoms with E-state index in [0.29, 0.717) is 11.1 Å². The van der Waals surface area contributed by atoms with Gasteiger partial charge in [-0.3, -0.25) is 4.79 Å². The van der Waals surface area contributed by atoms with Crippen molar-refractivity contribution in [3.05, 3.63) is 71.3 Å². The van der Waals surface area contributed by atoms with Crippen LogP contribution in [-0.4, -0.2) is 5.78 Å². The van der Waals surface area contributed by atoms with Crippen LogP contribution in [0.3, 0.4) is 0 Å². The summed E-state index contributed by atoms with van der Waals surface area (Å²) in [5.41, 5.74) is 1.04. The number of halogens is 2.